The molecule has 1 heteroatoms. The second kappa shape index (κ2) is 11.5. The van der Waals surface area contributed by atoms with E-state index in [4.69, 9.17) is 0 Å². The average molecular weight is 237 g/mol. The summed E-state index contributed by atoms with van der Waals surface area (Å²) in [5.41, 5.74) is 2.72. The van der Waals surface area contributed by atoms with Crippen LogP contribution in [0.3, 0.4) is 0 Å². The summed E-state index contributed by atoms with van der Waals surface area (Å²) >= 11 is 0. The Morgan fingerprint density at radius 1 is 1.00 bits per heavy atom. The van der Waals surface area contributed by atoms with Crippen LogP contribution >= 0.6 is 0 Å². The van der Waals surface area contributed by atoms with E-state index in [-0.39, 0.29) is 0 Å². The van der Waals surface area contributed by atoms with E-state index in [1.165, 1.54) is 11.3 Å². The first kappa shape index (κ1) is 18.4. The number of rotatable bonds is 3. The van der Waals surface area contributed by atoms with E-state index in [0.717, 1.165) is 6.54 Å². The molecule has 0 aromatic heterocycles. The van der Waals surface area contributed by atoms with Crippen LogP contribution < -0.4 is 4.90 Å². The predicted molar refractivity (Wildman–Crippen MR) is 82.0 cm³/mol. The zero-order chi connectivity index (χ0) is 13.8. The quantitative estimate of drug-likeness (QED) is 0.691. The Morgan fingerprint density at radius 2 is 1.47 bits per heavy atom. The Labute approximate surface area is 109 Å². The van der Waals surface area contributed by atoms with Gasteiger partial charge in [0.1, 0.15) is 0 Å². The van der Waals surface area contributed by atoms with Crippen LogP contribution in [0.1, 0.15) is 54.0 Å². The maximum atomic E-state index is 2.41. The van der Waals surface area contributed by atoms with Crippen LogP contribution in [0.2, 0.25) is 0 Å². The highest BCUT2D eigenvalue weighted by Gasteiger charge is 2.09. The summed E-state index contributed by atoms with van der Waals surface area (Å²) in [5, 5.41) is 0. The molecule has 0 aliphatic rings. The molecular formula is C16H31N. The van der Waals surface area contributed by atoms with Crippen molar-refractivity contribution in [3.8, 4) is 0 Å². The number of benzene rings is 1. The van der Waals surface area contributed by atoms with Crippen LogP contribution in [0, 0.1) is 6.92 Å². The molecule has 1 nitrogen and oxygen atoms in total. The van der Waals surface area contributed by atoms with Gasteiger partial charge in [-0.05, 0) is 39.3 Å². The third-order valence-corrected chi connectivity index (χ3v) is 2.39. The summed E-state index contributed by atoms with van der Waals surface area (Å²) in [4.78, 5) is 2.41. The molecule has 0 spiro atoms. The lowest BCUT2D eigenvalue weighted by atomic mass is 10.1. The number of hydrogen-bond donors (Lipinski definition) is 0. The molecule has 0 atom stereocenters. The molecule has 1 aromatic rings. The van der Waals surface area contributed by atoms with E-state index in [2.05, 4.69) is 56.9 Å². The molecule has 0 aliphatic heterocycles. The lowest BCUT2D eigenvalue weighted by Gasteiger charge is -2.28. The molecule has 0 amide bonds. The van der Waals surface area contributed by atoms with Crippen molar-refractivity contribution < 1.29 is 0 Å². The smallest absolute Gasteiger partial charge is 0.0398 e. The fourth-order valence-corrected chi connectivity index (χ4v) is 1.70. The summed E-state index contributed by atoms with van der Waals surface area (Å²) in [6, 6.07) is 9.13. The first-order valence-electron chi connectivity index (χ1n) is 6.99. The van der Waals surface area contributed by atoms with Gasteiger partial charge in [-0.1, -0.05) is 45.9 Å². The lowest BCUT2D eigenvalue weighted by Crippen LogP contribution is -2.30. The van der Waals surface area contributed by atoms with Crippen LogP contribution in [0.5, 0.6) is 0 Å². The van der Waals surface area contributed by atoms with Crippen LogP contribution in [-0.2, 0) is 0 Å². The minimum atomic E-state index is 0.575. The Kier molecular flexibility index (Phi) is 12.4. The molecule has 0 unspecified atom stereocenters. The molecule has 1 rings (SSSR count). The van der Waals surface area contributed by atoms with E-state index >= 15 is 0 Å². The van der Waals surface area contributed by atoms with Gasteiger partial charge < -0.3 is 4.90 Å². The number of para-hydroxylation sites is 1. The van der Waals surface area contributed by atoms with Gasteiger partial charge in [-0.15, -0.1) is 0 Å². The Balaban J connectivity index is 0. The SMILES string of the molecule is CC.CC.CCN(c1ccccc1C)C(C)C. The molecule has 0 heterocycles. The zero-order valence-corrected chi connectivity index (χ0v) is 13.0. The first-order chi connectivity index (χ1) is 8.16. The third kappa shape index (κ3) is 6.35. The van der Waals surface area contributed by atoms with Gasteiger partial charge >= 0.3 is 0 Å². The molecule has 0 fully saturated rings. The Hall–Kier alpha value is -0.980. The number of aryl methyl sites for hydroxylation is 1. The van der Waals surface area contributed by atoms with E-state index in [1.54, 1.807) is 0 Å². The van der Waals surface area contributed by atoms with E-state index in [9.17, 15) is 0 Å². The minimum absolute atomic E-state index is 0.575. The number of anilines is 1. The van der Waals surface area contributed by atoms with E-state index in [1.807, 2.05) is 27.7 Å². The predicted octanol–water partition coefficient (Wildman–Crippen LogP) is 5.28. The van der Waals surface area contributed by atoms with Gasteiger partial charge in [0.05, 0.1) is 0 Å². The lowest BCUT2D eigenvalue weighted by molar-refractivity contribution is 0.702. The maximum Gasteiger partial charge on any atom is 0.0398 e. The second-order valence-electron chi connectivity index (χ2n) is 3.67. The molecule has 1 aromatic carbocycles. The number of nitrogens with zero attached hydrogens (tertiary/aromatic N) is 1. The first-order valence-corrected chi connectivity index (χ1v) is 6.99. The number of hydrogen-bond acceptors (Lipinski definition) is 1. The summed E-state index contributed by atoms with van der Waals surface area (Å²) in [5.74, 6) is 0. The van der Waals surface area contributed by atoms with Crippen LogP contribution in [-0.4, -0.2) is 12.6 Å². The summed E-state index contributed by atoms with van der Waals surface area (Å²) in [6.07, 6.45) is 0. The largest absolute Gasteiger partial charge is 0.369 e. The van der Waals surface area contributed by atoms with E-state index < -0.39 is 0 Å². The molecule has 0 aliphatic carbocycles. The van der Waals surface area contributed by atoms with Gasteiger partial charge in [0.15, 0.2) is 0 Å². The molecular weight excluding hydrogens is 206 g/mol. The van der Waals surface area contributed by atoms with Crippen molar-refractivity contribution in [1.82, 2.24) is 0 Å². The van der Waals surface area contributed by atoms with Gasteiger partial charge in [-0.25, -0.2) is 0 Å². The van der Waals surface area contributed by atoms with Gasteiger partial charge in [0.25, 0.3) is 0 Å². The van der Waals surface area contributed by atoms with Crippen LogP contribution in [0.25, 0.3) is 0 Å². The van der Waals surface area contributed by atoms with E-state index in [0.29, 0.717) is 6.04 Å². The highest BCUT2D eigenvalue weighted by Crippen LogP contribution is 2.20. The van der Waals surface area contributed by atoms with Crippen molar-refractivity contribution in [2.24, 2.45) is 0 Å². The molecule has 17 heavy (non-hydrogen) atoms. The summed E-state index contributed by atoms with van der Waals surface area (Å²) in [7, 11) is 0. The van der Waals surface area contributed by atoms with Crippen molar-refractivity contribution in [3.63, 3.8) is 0 Å². The molecule has 0 saturated carbocycles. The molecule has 100 valence electrons. The van der Waals surface area contributed by atoms with Crippen LogP contribution in [0.4, 0.5) is 5.69 Å². The van der Waals surface area contributed by atoms with Crippen molar-refractivity contribution in [2.45, 2.75) is 61.4 Å². The fourth-order valence-electron chi connectivity index (χ4n) is 1.70. The monoisotopic (exact) mass is 237 g/mol. The average Bonchev–Trinajstić information content (AvgIpc) is 2.37. The minimum Gasteiger partial charge on any atom is -0.369 e. The molecule has 0 bridgehead atoms. The zero-order valence-electron chi connectivity index (χ0n) is 13.0. The molecule has 0 saturated heterocycles. The molecule has 0 N–H and O–H groups in total. The Morgan fingerprint density at radius 3 is 1.82 bits per heavy atom. The maximum absolute atomic E-state index is 2.41. The standard InChI is InChI=1S/C12H19N.2C2H6/c1-5-13(10(2)3)12-9-7-6-8-11(12)4;2*1-2/h6-10H,5H2,1-4H3;2*1-2H3. The van der Waals surface area contributed by atoms with Crippen molar-refractivity contribution >= 4 is 5.69 Å². The summed E-state index contributed by atoms with van der Waals surface area (Å²) < 4.78 is 0. The highest BCUT2D eigenvalue weighted by molar-refractivity contribution is 5.53. The van der Waals surface area contributed by atoms with Crippen molar-refractivity contribution in [2.75, 3.05) is 11.4 Å². The summed E-state index contributed by atoms with van der Waals surface area (Å²) in [6.45, 7) is 17.9. The van der Waals surface area contributed by atoms with Gasteiger partial charge in [-0.2, -0.15) is 0 Å². The third-order valence-electron chi connectivity index (χ3n) is 2.39. The Bertz CT molecular complexity index is 266. The van der Waals surface area contributed by atoms with Crippen molar-refractivity contribution in [1.29, 1.82) is 0 Å². The van der Waals surface area contributed by atoms with Gasteiger partial charge in [-0.3, -0.25) is 0 Å². The topological polar surface area (TPSA) is 3.24 Å². The highest BCUT2D eigenvalue weighted by atomic mass is 15.1. The second-order valence-corrected chi connectivity index (χ2v) is 3.67. The van der Waals surface area contributed by atoms with Crippen molar-refractivity contribution in [3.05, 3.63) is 29.8 Å². The fraction of sp³-hybridized carbons (Fsp3) is 0.625. The van der Waals surface area contributed by atoms with Gasteiger partial charge in [0.2, 0.25) is 0 Å². The molecule has 0 radical (unpaired) electrons. The normalized spacial score (nSPS) is 8.76. The van der Waals surface area contributed by atoms with Gasteiger partial charge in [0, 0.05) is 18.3 Å². The van der Waals surface area contributed by atoms with Crippen LogP contribution in [0.15, 0.2) is 24.3 Å².